The third kappa shape index (κ3) is 5.68. The van der Waals surface area contributed by atoms with E-state index in [0.29, 0.717) is 54.7 Å². The number of nitrogen functional groups attached to an aromatic ring is 1. The number of nitrogens with two attached hydrogens (primary N) is 1. The molecule has 0 saturated heterocycles. The van der Waals surface area contributed by atoms with E-state index >= 15 is 0 Å². The second kappa shape index (κ2) is 10.2. The number of nitrogens with one attached hydrogen (secondary N) is 2. The number of aromatic amines is 1. The molecule has 10 heteroatoms. The van der Waals surface area contributed by atoms with Gasteiger partial charge in [0, 0.05) is 19.3 Å². The zero-order valence-electron chi connectivity index (χ0n) is 18.6. The Hall–Kier alpha value is -3.89. The van der Waals surface area contributed by atoms with Gasteiger partial charge in [-0.05, 0) is 30.7 Å². The summed E-state index contributed by atoms with van der Waals surface area (Å²) in [5.74, 6) is 1.55. The van der Waals surface area contributed by atoms with E-state index in [2.05, 4.69) is 30.2 Å². The number of aromatic nitrogens is 5. The first-order valence-electron chi connectivity index (χ1n) is 10.5. The highest BCUT2D eigenvalue weighted by molar-refractivity contribution is 5.77. The third-order valence-corrected chi connectivity index (χ3v) is 5.10. The molecule has 2 aromatic heterocycles. The summed E-state index contributed by atoms with van der Waals surface area (Å²) in [5.41, 5.74) is 8.39. The highest BCUT2D eigenvalue weighted by atomic mass is 16.5. The summed E-state index contributed by atoms with van der Waals surface area (Å²) < 4.78 is 5.26. The van der Waals surface area contributed by atoms with Crippen molar-refractivity contribution in [2.75, 3.05) is 31.3 Å². The predicted molar refractivity (Wildman–Crippen MR) is 127 cm³/mol. The Bertz CT molecular complexity index is 1310. The van der Waals surface area contributed by atoms with Crippen LogP contribution in [0.1, 0.15) is 17.2 Å². The number of hydrogen-bond donors (Lipinski definition) is 3. The lowest BCUT2D eigenvalue weighted by Gasteiger charge is -2.21. The summed E-state index contributed by atoms with van der Waals surface area (Å²) in [5, 5.41) is 3.76. The van der Waals surface area contributed by atoms with Gasteiger partial charge in [-0.1, -0.05) is 30.3 Å². The molecular formula is C23H26N8O2. The van der Waals surface area contributed by atoms with Crippen LogP contribution in [0.25, 0.3) is 10.9 Å². The molecule has 0 bridgehead atoms. The molecule has 33 heavy (non-hydrogen) atoms. The Labute approximate surface area is 190 Å². The molecule has 170 valence electrons. The van der Waals surface area contributed by atoms with Gasteiger partial charge in [0.25, 0.3) is 5.56 Å². The van der Waals surface area contributed by atoms with Crippen molar-refractivity contribution in [2.45, 2.75) is 20.0 Å². The van der Waals surface area contributed by atoms with E-state index < -0.39 is 0 Å². The van der Waals surface area contributed by atoms with E-state index in [1.165, 1.54) is 0 Å². The first kappa shape index (κ1) is 22.3. The van der Waals surface area contributed by atoms with Crippen LogP contribution < -0.4 is 16.6 Å². The molecule has 4 N–H and O–H groups in total. The van der Waals surface area contributed by atoms with Gasteiger partial charge in [0.15, 0.2) is 0 Å². The first-order valence-corrected chi connectivity index (χ1v) is 10.5. The van der Waals surface area contributed by atoms with Crippen molar-refractivity contribution in [3.05, 3.63) is 76.1 Å². The van der Waals surface area contributed by atoms with Crippen molar-refractivity contribution in [1.29, 1.82) is 0 Å². The summed E-state index contributed by atoms with van der Waals surface area (Å²) in [4.78, 5) is 35.0. The standard InChI is InChI=1S/C23H26N8O2/c1-15-7-3-5-9-17(15)26-23-29-20(28-22(24)30-23)14-31(11-12-33-2)13-19-25-18-10-6-4-8-16(18)21(32)27-19/h3-10H,11-14H2,1-2H3,(H,25,27,32)(H3,24,26,28,29,30). The molecule has 0 radical (unpaired) electrons. The first-order chi connectivity index (χ1) is 16.0. The fraction of sp³-hybridized carbons (Fsp3) is 0.261. The SMILES string of the molecule is COCCN(Cc1nc(N)nc(Nc2ccccc2C)n1)Cc1nc2ccccc2c(=O)[nH]1. The predicted octanol–water partition coefficient (Wildman–Crippen LogP) is 2.39. The number of ether oxygens (including phenoxy) is 1. The zero-order chi connectivity index (χ0) is 23.2. The molecule has 2 aromatic carbocycles. The van der Waals surface area contributed by atoms with E-state index in [1.54, 1.807) is 13.2 Å². The third-order valence-electron chi connectivity index (χ3n) is 5.10. The molecule has 4 aromatic rings. The Morgan fingerprint density at radius 1 is 1.03 bits per heavy atom. The van der Waals surface area contributed by atoms with Gasteiger partial charge in [-0.15, -0.1) is 0 Å². The molecule has 2 heterocycles. The van der Waals surface area contributed by atoms with Gasteiger partial charge in [0.2, 0.25) is 11.9 Å². The minimum atomic E-state index is -0.170. The van der Waals surface area contributed by atoms with Gasteiger partial charge in [-0.2, -0.15) is 15.0 Å². The van der Waals surface area contributed by atoms with Crippen LogP contribution in [-0.4, -0.2) is 50.1 Å². The number of hydrogen-bond acceptors (Lipinski definition) is 9. The molecule has 0 unspecified atom stereocenters. The molecule has 10 nitrogen and oxygen atoms in total. The Kier molecular flexibility index (Phi) is 6.86. The Morgan fingerprint density at radius 3 is 2.64 bits per heavy atom. The Balaban J connectivity index is 1.57. The average Bonchev–Trinajstić information content (AvgIpc) is 2.79. The largest absolute Gasteiger partial charge is 0.383 e. The van der Waals surface area contributed by atoms with Gasteiger partial charge in [-0.25, -0.2) is 4.98 Å². The molecule has 0 aliphatic rings. The summed E-state index contributed by atoms with van der Waals surface area (Å²) in [6.45, 7) is 3.83. The van der Waals surface area contributed by atoms with Crippen LogP contribution in [0.3, 0.4) is 0 Å². The summed E-state index contributed by atoms with van der Waals surface area (Å²) in [7, 11) is 1.64. The van der Waals surface area contributed by atoms with Crippen molar-refractivity contribution >= 4 is 28.5 Å². The van der Waals surface area contributed by atoms with Crippen molar-refractivity contribution in [2.24, 2.45) is 0 Å². The van der Waals surface area contributed by atoms with Crippen LogP contribution in [0, 0.1) is 6.92 Å². The van der Waals surface area contributed by atoms with E-state index in [0.717, 1.165) is 11.3 Å². The molecule has 0 amide bonds. The zero-order valence-corrected chi connectivity index (χ0v) is 18.6. The summed E-state index contributed by atoms with van der Waals surface area (Å²) >= 11 is 0. The minimum Gasteiger partial charge on any atom is -0.383 e. The lowest BCUT2D eigenvalue weighted by atomic mass is 10.2. The fourth-order valence-electron chi connectivity index (χ4n) is 3.45. The highest BCUT2D eigenvalue weighted by Crippen LogP contribution is 2.18. The van der Waals surface area contributed by atoms with Crippen LogP contribution in [-0.2, 0) is 17.8 Å². The quantitative estimate of drug-likeness (QED) is 0.354. The van der Waals surface area contributed by atoms with Gasteiger partial charge < -0.3 is 20.8 Å². The number of para-hydroxylation sites is 2. The second-order valence-corrected chi connectivity index (χ2v) is 7.61. The van der Waals surface area contributed by atoms with Gasteiger partial charge >= 0.3 is 0 Å². The van der Waals surface area contributed by atoms with E-state index in [4.69, 9.17) is 10.5 Å². The highest BCUT2D eigenvalue weighted by Gasteiger charge is 2.14. The topological polar surface area (TPSA) is 135 Å². The molecule has 4 rings (SSSR count). The second-order valence-electron chi connectivity index (χ2n) is 7.61. The lowest BCUT2D eigenvalue weighted by Crippen LogP contribution is -2.29. The molecule has 0 fully saturated rings. The monoisotopic (exact) mass is 446 g/mol. The fourth-order valence-corrected chi connectivity index (χ4v) is 3.45. The number of benzene rings is 2. The molecule has 0 saturated carbocycles. The van der Waals surface area contributed by atoms with Gasteiger partial charge in [0.1, 0.15) is 11.6 Å². The normalized spacial score (nSPS) is 11.2. The lowest BCUT2D eigenvalue weighted by molar-refractivity contribution is 0.136. The van der Waals surface area contributed by atoms with Gasteiger partial charge in [-0.3, -0.25) is 9.69 Å². The number of aryl methyl sites for hydroxylation is 1. The van der Waals surface area contributed by atoms with Gasteiger partial charge in [0.05, 0.1) is 30.6 Å². The van der Waals surface area contributed by atoms with Crippen LogP contribution in [0.2, 0.25) is 0 Å². The maximum atomic E-state index is 12.4. The average molecular weight is 447 g/mol. The number of H-pyrrole nitrogens is 1. The Morgan fingerprint density at radius 2 is 1.82 bits per heavy atom. The van der Waals surface area contributed by atoms with Crippen molar-refractivity contribution < 1.29 is 4.74 Å². The molecule has 0 aliphatic carbocycles. The van der Waals surface area contributed by atoms with Crippen molar-refractivity contribution in [3.8, 4) is 0 Å². The molecular weight excluding hydrogens is 420 g/mol. The number of anilines is 3. The smallest absolute Gasteiger partial charge is 0.258 e. The minimum absolute atomic E-state index is 0.125. The van der Waals surface area contributed by atoms with E-state index in [9.17, 15) is 4.79 Å². The number of rotatable bonds is 9. The number of nitrogens with zero attached hydrogens (tertiary/aromatic N) is 5. The van der Waals surface area contributed by atoms with Crippen molar-refractivity contribution in [3.63, 3.8) is 0 Å². The van der Waals surface area contributed by atoms with Crippen LogP contribution in [0.5, 0.6) is 0 Å². The van der Waals surface area contributed by atoms with Crippen LogP contribution >= 0.6 is 0 Å². The maximum Gasteiger partial charge on any atom is 0.258 e. The summed E-state index contributed by atoms with van der Waals surface area (Å²) in [6, 6.07) is 15.1. The van der Waals surface area contributed by atoms with Crippen LogP contribution in [0.4, 0.5) is 17.6 Å². The van der Waals surface area contributed by atoms with E-state index in [-0.39, 0.29) is 11.5 Å². The maximum absolute atomic E-state index is 12.4. The molecule has 0 spiro atoms. The van der Waals surface area contributed by atoms with Crippen LogP contribution in [0.15, 0.2) is 53.3 Å². The number of fused-ring (bicyclic) bond motifs is 1. The number of methoxy groups -OCH3 is 1. The summed E-state index contributed by atoms with van der Waals surface area (Å²) in [6.07, 6.45) is 0. The molecule has 0 aliphatic heterocycles. The van der Waals surface area contributed by atoms with E-state index in [1.807, 2.05) is 54.3 Å². The molecule has 0 atom stereocenters. The van der Waals surface area contributed by atoms with Crippen molar-refractivity contribution in [1.82, 2.24) is 29.8 Å².